The molecule has 11 aromatic rings. The summed E-state index contributed by atoms with van der Waals surface area (Å²) in [6.07, 6.45) is 0. The highest BCUT2D eigenvalue weighted by Gasteiger charge is 2.18. The van der Waals surface area contributed by atoms with Crippen LogP contribution in [0.2, 0.25) is 0 Å². The van der Waals surface area contributed by atoms with Crippen LogP contribution in [0.15, 0.2) is 186 Å². The molecule has 11 rings (SSSR count). The van der Waals surface area contributed by atoms with Crippen molar-refractivity contribution < 1.29 is 4.42 Å². The molecule has 1 heteroatoms. The van der Waals surface area contributed by atoms with Crippen molar-refractivity contribution in [3.8, 4) is 33.4 Å². The highest BCUT2D eigenvalue weighted by Crippen LogP contribution is 2.45. The molecule has 0 atom stereocenters. The van der Waals surface area contributed by atoms with Gasteiger partial charge in [0.15, 0.2) is 0 Å². The Balaban J connectivity index is 1.04. The average molecular weight is 647 g/mol. The number of fused-ring (bicyclic) bond motifs is 10. The molecule has 10 aromatic carbocycles. The van der Waals surface area contributed by atoms with E-state index in [-0.39, 0.29) is 0 Å². The maximum Gasteiger partial charge on any atom is 0.143 e. The lowest BCUT2D eigenvalue weighted by Gasteiger charge is -2.18. The van der Waals surface area contributed by atoms with Crippen LogP contribution in [0.25, 0.3) is 109 Å². The fraction of sp³-hybridized carbons (Fsp3) is 0. The summed E-state index contributed by atoms with van der Waals surface area (Å²) < 4.78 is 6.51. The van der Waals surface area contributed by atoms with E-state index in [4.69, 9.17) is 4.42 Å². The van der Waals surface area contributed by atoms with Gasteiger partial charge in [-0.1, -0.05) is 152 Å². The maximum atomic E-state index is 6.51. The molecule has 51 heavy (non-hydrogen) atoms. The van der Waals surface area contributed by atoms with Crippen LogP contribution in [0.3, 0.4) is 0 Å². The minimum Gasteiger partial charge on any atom is -0.455 e. The van der Waals surface area contributed by atoms with Crippen molar-refractivity contribution in [1.29, 1.82) is 0 Å². The number of hydrogen-bond acceptors (Lipinski definition) is 1. The van der Waals surface area contributed by atoms with E-state index in [1.54, 1.807) is 0 Å². The van der Waals surface area contributed by atoms with Gasteiger partial charge in [0.25, 0.3) is 0 Å². The summed E-state index contributed by atoms with van der Waals surface area (Å²) in [5, 5.41) is 14.7. The predicted octanol–water partition coefficient (Wildman–Crippen LogP) is 14.4. The Kier molecular flexibility index (Phi) is 6.02. The van der Waals surface area contributed by atoms with Gasteiger partial charge in [0, 0.05) is 16.2 Å². The highest BCUT2D eigenvalue weighted by atomic mass is 16.3. The maximum absolute atomic E-state index is 6.51. The van der Waals surface area contributed by atoms with Gasteiger partial charge < -0.3 is 4.42 Å². The highest BCUT2D eigenvalue weighted by molar-refractivity contribution is 6.24. The zero-order valence-electron chi connectivity index (χ0n) is 27.7. The summed E-state index contributed by atoms with van der Waals surface area (Å²) in [4.78, 5) is 0. The molecule has 0 bridgehead atoms. The molecule has 1 heterocycles. The molecule has 0 aliphatic rings. The molecule has 0 aliphatic heterocycles. The van der Waals surface area contributed by atoms with Gasteiger partial charge in [-0.25, -0.2) is 0 Å². The Morgan fingerprint density at radius 3 is 1.49 bits per heavy atom. The van der Waals surface area contributed by atoms with Gasteiger partial charge in [0.05, 0.1) is 0 Å². The molecule has 0 N–H and O–H groups in total. The van der Waals surface area contributed by atoms with Crippen LogP contribution in [0.4, 0.5) is 0 Å². The first-order valence-electron chi connectivity index (χ1n) is 17.6. The largest absolute Gasteiger partial charge is 0.455 e. The summed E-state index contributed by atoms with van der Waals surface area (Å²) in [5.74, 6) is 0. The lowest BCUT2D eigenvalue weighted by atomic mass is 9.85. The minimum atomic E-state index is 0.932. The Morgan fingerprint density at radius 1 is 0.275 bits per heavy atom. The Bertz CT molecular complexity index is 3120. The van der Waals surface area contributed by atoms with Gasteiger partial charge in [-0.15, -0.1) is 0 Å². The molecule has 0 saturated heterocycles. The topological polar surface area (TPSA) is 13.1 Å². The number of furan rings is 1. The van der Waals surface area contributed by atoms with E-state index in [0.717, 1.165) is 21.9 Å². The molecule has 1 aromatic heterocycles. The SMILES string of the molecule is c1ccc2cc(-c3c4ccccc4c(-c4ccc(-c5ccc6c(ccc7c6oc6ccc8ccccc8c67)c5)cc4)c4ccccc34)ccc2c1. The summed E-state index contributed by atoms with van der Waals surface area (Å²) in [5.41, 5.74) is 9.29. The van der Waals surface area contributed by atoms with E-state index < -0.39 is 0 Å². The van der Waals surface area contributed by atoms with E-state index in [1.807, 2.05) is 0 Å². The lowest BCUT2D eigenvalue weighted by Crippen LogP contribution is -1.91. The van der Waals surface area contributed by atoms with Crippen LogP contribution >= 0.6 is 0 Å². The van der Waals surface area contributed by atoms with E-state index in [9.17, 15) is 0 Å². The molecule has 0 unspecified atom stereocenters. The zero-order valence-corrected chi connectivity index (χ0v) is 27.7. The monoisotopic (exact) mass is 646 g/mol. The summed E-state index contributed by atoms with van der Waals surface area (Å²) >= 11 is 0. The second-order valence-corrected chi connectivity index (χ2v) is 13.6. The molecular formula is C50H30O. The first-order chi connectivity index (χ1) is 25.3. The van der Waals surface area contributed by atoms with Crippen molar-refractivity contribution in [1.82, 2.24) is 0 Å². The molecular weight excluding hydrogens is 617 g/mol. The van der Waals surface area contributed by atoms with Crippen molar-refractivity contribution in [3.05, 3.63) is 182 Å². The second kappa shape index (κ2) is 10.9. The third kappa shape index (κ3) is 4.28. The molecule has 0 amide bonds. The van der Waals surface area contributed by atoms with Crippen LogP contribution in [-0.2, 0) is 0 Å². The summed E-state index contributed by atoms with van der Waals surface area (Å²) in [7, 11) is 0. The van der Waals surface area contributed by atoms with Gasteiger partial charge in [-0.3, -0.25) is 0 Å². The number of hydrogen-bond donors (Lipinski definition) is 0. The summed E-state index contributed by atoms with van der Waals surface area (Å²) in [6, 6.07) is 66.3. The lowest BCUT2D eigenvalue weighted by molar-refractivity contribution is 0.673. The number of rotatable bonds is 3. The molecule has 0 fully saturated rings. The van der Waals surface area contributed by atoms with E-state index in [1.165, 1.54) is 87.2 Å². The van der Waals surface area contributed by atoms with Gasteiger partial charge >= 0.3 is 0 Å². The Hall–Kier alpha value is -6.70. The second-order valence-electron chi connectivity index (χ2n) is 13.6. The zero-order chi connectivity index (χ0) is 33.5. The van der Waals surface area contributed by atoms with Crippen LogP contribution in [-0.4, -0.2) is 0 Å². The molecule has 236 valence electrons. The minimum absolute atomic E-state index is 0.932. The molecule has 1 nitrogen and oxygen atoms in total. The van der Waals surface area contributed by atoms with Crippen molar-refractivity contribution in [2.75, 3.05) is 0 Å². The Labute approximate surface area is 294 Å². The van der Waals surface area contributed by atoms with Gasteiger partial charge in [0.2, 0.25) is 0 Å². The fourth-order valence-corrected chi connectivity index (χ4v) is 8.44. The fourth-order valence-electron chi connectivity index (χ4n) is 8.44. The smallest absolute Gasteiger partial charge is 0.143 e. The average Bonchev–Trinajstić information content (AvgIpc) is 3.59. The number of benzene rings is 10. The quantitative estimate of drug-likeness (QED) is 0.174. The van der Waals surface area contributed by atoms with E-state index in [0.29, 0.717) is 0 Å². The predicted molar refractivity (Wildman–Crippen MR) is 218 cm³/mol. The van der Waals surface area contributed by atoms with E-state index >= 15 is 0 Å². The molecule has 0 aliphatic carbocycles. The third-order valence-electron chi connectivity index (χ3n) is 10.8. The van der Waals surface area contributed by atoms with Gasteiger partial charge in [-0.2, -0.15) is 0 Å². The van der Waals surface area contributed by atoms with Gasteiger partial charge in [-0.05, 0) is 112 Å². The first kappa shape index (κ1) is 28.2. The van der Waals surface area contributed by atoms with Crippen molar-refractivity contribution in [3.63, 3.8) is 0 Å². The third-order valence-corrected chi connectivity index (χ3v) is 10.8. The normalized spacial score (nSPS) is 11.9. The van der Waals surface area contributed by atoms with Crippen molar-refractivity contribution >= 4 is 75.8 Å². The standard InChI is InChI=1S/C50H30O/c1-2-11-35-30-38(22-19-31(35)9-1)48-43-15-7-5-13-41(43)47(42-14-6-8-16-44(42)48)34-20-17-32(18-21-34)36-23-26-40-37(29-36)24-27-45-49-39-12-4-3-10-33(39)25-28-46(49)51-50(40)45/h1-30H. The first-order valence-corrected chi connectivity index (χ1v) is 17.6. The Morgan fingerprint density at radius 2 is 0.765 bits per heavy atom. The molecule has 0 radical (unpaired) electrons. The van der Waals surface area contributed by atoms with Crippen LogP contribution in [0.1, 0.15) is 0 Å². The van der Waals surface area contributed by atoms with Crippen LogP contribution < -0.4 is 0 Å². The summed E-state index contributed by atoms with van der Waals surface area (Å²) in [6.45, 7) is 0. The van der Waals surface area contributed by atoms with E-state index in [2.05, 4.69) is 182 Å². The molecule has 0 spiro atoms. The van der Waals surface area contributed by atoms with Crippen LogP contribution in [0, 0.1) is 0 Å². The van der Waals surface area contributed by atoms with Crippen LogP contribution in [0.5, 0.6) is 0 Å². The van der Waals surface area contributed by atoms with Gasteiger partial charge in [0.1, 0.15) is 11.2 Å². The van der Waals surface area contributed by atoms with Crippen molar-refractivity contribution in [2.24, 2.45) is 0 Å². The van der Waals surface area contributed by atoms with Crippen molar-refractivity contribution in [2.45, 2.75) is 0 Å². The molecule has 0 saturated carbocycles.